The lowest BCUT2D eigenvalue weighted by Crippen LogP contribution is -2.46. The number of amides is 1. The summed E-state index contributed by atoms with van der Waals surface area (Å²) in [5.41, 5.74) is 0.550. The quantitative estimate of drug-likeness (QED) is 0.841. The van der Waals surface area contributed by atoms with Crippen LogP contribution in [0.5, 0.6) is 11.5 Å². The molecule has 1 saturated heterocycles. The summed E-state index contributed by atoms with van der Waals surface area (Å²) in [6, 6.07) is 5.44. The van der Waals surface area contributed by atoms with Gasteiger partial charge in [0.2, 0.25) is 11.8 Å². The van der Waals surface area contributed by atoms with Crippen LogP contribution < -0.4 is 9.47 Å². The third-order valence-corrected chi connectivity index (χ3v) is 5.15. The minimum absolute atomic E-state index is 0.0261. The number of aromatic nitrogens is 2. The van der Waals surface area contributed by atoms with E-state index < -0.39 is 0 Å². The predicted molar refractivity (Wildman–Crippen MR) is 93.6 cm³/mol. The van der Waals surface area contributed by atoms with Gasteiger partial charge in [-0.05, 0) is 31.9 Å². The fraction of sp³-hybridized carbons (Fsp3) is 0.526. The minimum atomic E-state index is -0.0419. The van der Waals surface area contributed by atoms with Crippen molar-refractivity contribution in [1.29, 1.82) is 0 Å². The molecule has 2 atom stereocenters. The SMILES string of the molecule is CCc1nnc([C@H]2CCCN(C(=O)c3cccc4c3OCCO4)[C@H]2C)o1. The molecule has 7 nitrogen and oxygen atoms in total. The molecule has 0 N–H and O–H groups in total. The van der Waals surface area contributed by atoms with Crippen LogP contribution in [0.15, 0.2) is 22.6 Å². The zero-order valence-corrected chi connectivity index (χ0v) is 15.1. The van der Waals surface area contributed by atoms with Crippen LogP contribution in [0.2, 0.25) is 0 Å². The zero-order chi connectivity index (χ0) is 18.1. The third-order valence-electron chi connectivity index (χ3n) is 5.15. The molecular formula is C19H23N3O4. The average molecular weight is 357 g/mol. The molecule has 3 heterocycles. The predicted octanol–water partition coefficient (Wildman–Crippen LogP) is 2.81. The first-order valence-electron chi connectivity index (χ1n) is 9.21. The summed E-state index contributed by atoms with van der Waals surface area (Å²) >= 11 is 0. The van der Waals surface area contributed by atoms with Crippen LogP contribution in [0.3, 0.4) is 0 Å². The van der Waals surface area contributed by atoms with Gasteiger partial charge in [0.15, 0.2) is 11.5 Å². The van der Waals surface area contributed by atoms with Crippen molar-refractivity contribution >= 4 is 5.91 Å². The molecule has 0 aliphatic carbocycles. The minimum Gasteiger partial charge on any atom is -0.486 e. The zero-order valence-electron chi connectivity index (χ0n) is 15.1. The second-order valence-corrected chi connectivity index (χ2v) is 6.71. The van der Waals surface area contributed by atoms with Crippen molar-refractivity contribution in [2.45, 2.75) is 45.1 Å². The monoisotopic (exact) mass is 357 g/mol. The number of para-hydroxylation sites is 1. The van der Waals surface area contributed by atoms with Crippen molar-refractivity contribution in [3.63, 3.8) is 0 Å². The molecule has 2 aliphatic heterocycles. The second-order valence-electron chi connectivity index (χ2n) is 6.71. The van der Waals surface area contributed by atoms with E-state index in [-0.39, 0.29) is 17.9 Å². The van der Waals surface area contributed by atoms with E-state index in [0.717, 1.165) is 12.8 Å². The van der Waals surface area contributed by atoms with Crippen molar-refractivity contribution in [1.82, 2.24) is 15.1 Å². The highest BCUT2D eigenvalue weighted by molar-refractivity contribution is 5.98. The van der Waals surface area contributed by atoms with Crippen LogP contribution in [-0.2, 0) is 6.42 Å². The van der Waals surface area contributed by atoms with Gasteiger partial charge in [-0.3, -0.25) is 4.79 Å². The summed E-state index contributed by atoms with van der Waals surface area (Å²) in [6.07, 6.45) is 2.55. The molecule has 0 spiro atoms. The van der Waals surface area contributed by atoms with Crippen molar-refractivity contribution in [3.05, 3.63) is 35.5 Å². The van der Waals surface area contributed by atoms with Gasteiger partial charge < -0.3 is 18.8 Å². The number of ether oxygens (including phenoxy) is 2. The van der Waals surface area contributed by atoms with E-state index in [1.165, 1.54) is 0 Å². The van der Waals surface area contributed by atoms with Gasteiger partial charge >= 0.3 is 0 Å². The molecule has 1 aromatic carbocycles. The van der Waals surface area contributed by atoms with E-state index in [9.17, 15) is 4.79 Å². The lowest BCUT2D eigenvalue weighted by atomic mass is 9.89. The average Bonchev–Trinajstić information content (AvgIpc) is 3.16. The molecule has 0 saturated carbocycles. The number of benzene rings is 1. The molecular weight excluding hydrogens is 334 g/mol. The number of hydrogen-bond donors (Lipinski definition) is 0. The van der Waals surface area contributed by atoms with E-state index in [1.54, 1.807) is 6.07 Å². The summed E-state index contributed by atoms with van der Waals surface area (Å²) < 4.78 is 17.1. The van der Waals surface area contributed by atoms with Crippen LogP contribution in [0.4, 0.5) is 0 Å². The summed E-state index contributed by atoms with van der Waals surface area (Å²) in [4.78, 5) is 15.1. The standard InChI is InChI=1S/C19H23N3O4/c1-3-16-20-21-18(26-16)13-7-5-9-22(12(13)2)19(23)14-6-4-8-15-17(14)25-11-10-24-15/h4,6,8,12-13H,3,5,7,9-11H2,1-2H3/t12-,13-/m0/s1. The summed E-state index contributed by atoms with van der Waals surface area (Å²) in [6.45, 7) is 5.69. The van der Waals surface area contributed by atoms with Gasteiger partial charge in [0.25, 0.3) is 5.91 Å². The molecule has 1 fully saturated rings. The Labute approximate surface area is 152 Å². The first-order chi connectivity index (χ1) is 12.7. The van der Waals surface area contributed by atoms with E-state index in [1.807, 2.05) is 30.9 Å². The molecule has 1 amide bonds. The molecule has 4 rings (SSSR count). The molecule has 138 valence electrons. The maximum absolute atomic E-state index is 13.2. The van der Waals surface area contributed by atoms with Crippen molar-refractivity contribution in [2.75, 3.05) is 19.8 Å². The summed E-state index contributed by atoms with van der Waals surface area (Å²) in [7, 11) is 0. The number of piperidine rings is 1. The Morgan fingerprint density at radius 2 is 2.12 bits per heavy atom. The second kappa shape index (κ2) is 6.97. The fourth-order valence-corrected chi connectivity index (χ4v) is 3.72. The first-order valence-corrected chi connectivity index (χ1v) is 9.21. The molecule has 26 heavy (non-hydrogen) atoms. The Balaban J connectivity index is 1.60. The van der Waals surface area contributed by atoms with Crippen molar-refractivity contribution in [3.8, 4) is 11.5 Å². The Kier molecular flexibility index (Phi) is 4.53. The van der Waals surface area contributed by atoms with Crippen LogP contribution in [-0.4, -0.2) is 46.8 Å². The smallest absolute Gasteiger partial charge is 0.258 e. The number of aryl methyl sites for hydroxylation is 1. The Morgan fingerprint density at radius 1 is 1.27 bits per heavy atom. The van der Waals surface area contributed by atoms with Gasteiger partial charge in [0.05, 0.1) is 11.5 Å². The molecule has 0 bridgehead atoms. The van der Waals surface area contributed by atoms with Crippen LogP contribution >= 0.6 is 0 Å². The normalized spacial score (nSPS) is 22.3. The molecule has 7 heteroatoms. The topological polar surface area (TPSA) is 77.7 Å². The van der Waals surface area contributed by atoms with Crippen LogP contribution in [0, 0.1) is 0 Å². The van der Waals surface area contributed by atoms with E-state index in [2.05, 4.69) is 10.2 Å². The number of rotatable bonds is 3. The van der Waals surface area contributed by atoms with Gasteiger partial charge in [0.1, 0.15) is 13.2 Å². The number of carbonyl (C=O) groups is 1. The van der Waals surface area contributed by atoms with Crippen LogP contribution in [0.25, 0.3) is 0 Å². The highest BCUT2D eigenvalue weighted by Crippen LogP contribution is 2.37. The molecule has 2 aromatic rings. The van der Waals surface area contributed by atoms with Gasteiger partial charge in [-0.15, -0.1) is 10.2 Å². The Hall–Kier alpha value is -2.57. The van der Waals surface area contributed by atoms with Crippen LogP contribution in [0.1, 0.15) is 54.7 Å². The highest BCUT2D eigenvalue weighted by Gasteiger charge is 2.36. The Morgan fingerprint density at radius 3 is 2.92 bits per heavy atom. The first kappa shape index (κ1) is 16.9. The lowest BCUT2D eigenvalue weighted by molar-refractivity contribution is 0.0573. The highest BCUT2D eigenvalue weighted by atomic mass is 16.6. The number of likely N-dealkylation sites (tertiary alicyclic amines) is 1. The number of fused-ring (bicyclic) bond motifs is 1. The van der Waals surface area contributed by atoms with Gasteiger partial charge in [0, 0.05) is 19.0 Å². The van der Waals surface area contributed by atoms with E-state index >= 15 is 0 Å². The van der Waals surface area contributed by atoms with Crippen molar-refractivity contribution < 1.29 is 18.7 Å². The maximum Gasteiger partial charge on any atom is 0.258 e. The van der Waals surface area contributed by atoms with E-state index in [4.69, 9.17) is 13.9 Å². The molecule has 0 radical (unpaired) electrons. The van der Waals surface area contributed by atoms with E-state index in [0.29, 0.717) is 55.0 Å². The third kappa shape index (κ3) is 2.91. The van der Waals surface area contributed by atoms with Gasteiger partial charge in [-0.1, -0.05) is 13.0 Å². The molecule has 2 aliphatic rings. The van der Waals surface area contributed by atoms with Gasteiger partial charge in [-0.25, -0.2) is 0 Å². The lowest BCUT2D eigenvalue weighted by Gasteiger charge is -2.38. The van der Waals surface area contributed by atoms with Crippen molar-refractivity contribution in [2.24, 2.45) is 0 Å². The van der Waals surface area contributed by atoms with Gasteiger partial charge in [-0.2, -0.15) is 0 Å². The fourth-order valence-electron chi connectivity index (χ4n) is 3.72. The number of nitrogens with zero attached hydrogens (tertiary/aromatic N) is 3. The summed E-state index contributed by atoms with van der Waals surface area (Å²) in [5, 5.41) is 8.27. The number of carbonyl (C=O) groups excluding carboxylic acids is 1. The Bertz CT molecular complexity index is 804. The largest absolute Gasteiger partial charge is 0.486 e. The summed E-state index contributed by atoms with van der Waals surface area (Å²) in [5.74, 6) is 2.45. The molecule has 1 aromatic heterocycles. The maximum atomic E-state index is 13.2. The number of hydrogen-bond acceptors (Lipinski definition) is 6. The molecule has 0 unspecified atom stereocenters.